The number of benzene rings is 1. The number of nitrogens with one attached hydrogen (secondary N) is 1. The zero-order valence-electron chi connectivity index (χ0n) is 22.5. The molecule has 0 spiro atoms. The van der Waals surface area contributed by atoms with Gasteiger partial charge in [0.25, 0.3) is 0 Å². The Morgan fingerprint density at radius 3 is 2.21 bits per heavy atom. The SMILES string of the molecule is CC(C)n1c(=O)n(C(=O)N[C@@H]2C[C@H]3CC[C@@H](C2)N3C[C@H](O)CN2CCN(S(C)(=O)=O)CC2)c2ccccc21. The third-order valence-corrected chi connectivity index (χ3v) is 9.70. The van der Waals surface area contributed by atoms with Crippen molar-refractivity contribution in [2.75, 3.05) is 45.5 Å². The second-order valence-electron chi connectivity index (χ2n) is 11.4. The fourth-order valence-electron chi connectivity index (χ4n) is 6.64. The van der Waals surface area contributed by atoms with Crippen LogP contribution in [0.2, 0.25) is 0 Å². The molecule has 0 radical (unpaired) electrons. The first-order chi connectivity index (χ1) is 18.0. The molecular formula is C26H40N6O5S. The first kappa shape index (κ1) is 27.3. The largest absolute Gasteiger partial charge is 0.390 e. The number of aromatic nitrogens is 2. The van der Waals surface area contributed by atoms with Crippen LogP contribution in [0.15, 0.2) is 29.1 Å². The van der Waals surface area contributed by atoms with Gasteiger partial charge in [-0.3, -0.25) is 14.4 Å². The van der Waals surface area contributed by atoms with Gasteiger partial charge in [-0.15, -0.1) is 0 Å². The van der Waals surface area contributed by atoms with Gasteiger partial charge in [0, 0.05) is 63.4 Å². The van der Waals surface area contributed by atoms with Crippen LogP contribution in [0.4, 0.5) is 4.79 Å². The third-order valence-electron chi connectivity index (χ3n) is 8.40. The topological polar surface area (TPSA) is 120 Å². The van der Waals surface area contributed by atoms with E-state index in [1.54, 1.807) is 4.57 Å². The highest BCUT2D eigenvalue weighted by molar-refractivity contribution is 7.88. The molecule has 3 fully saturated rings. The van der Waals surface area contributed by atoms with Crippen LogP contribution in [-0.2, 0) is 10.0 Å². The number of imidazole rings is 1. The van der Waals surface area contributed by atoms with E-state index in [2.05, 4.69) is 15.1 Å². The monoisotopic (exact) mass is 548 g/mol. The molecule has 38 heavy (non-hydrogen) atoms. The first-order valence-electron chi connectivity index (χ1n) is 13.7. The predicted molar refractivity (Wildman–Crippen MR) is 146 cm³/mol. The van der Waals surface area contributed by atoms with Gasteiger partial charge in [0.15, 0.2) is 0 Å². The van der Waals surface area contributed by atoms with E-state index < -0.39 is 16.1 Å². The summed E-state index contributed by atoms with van der Waals surface area (Å²) in [5.74, 6) is 0. The number of piperidine rings is 1. The summed E-state index contributed by atoms with van der Waals surface area (Å²) in [6.45, 7) is 7.14. The number of carbonyl (C=O) groups excluding carboxylic acids is 1. The number of aliphatic hydroxyl groups is 1. The predicted octanol–water partition coefficient (Wildman–Crippen LogP) is 0.875. The molecule has 3 aliphatic heterocycles. The van der Waals surface area contributed by atoms with Crippen LogP contribution >= 0.6 is 0 Å². The molecule has 11 nitrogen and oxygen atoms in total. The van der Waals surface area contributed by atoms with Crippen molar-refractivity contribution in [1.82, 2.24) is 28.6 Å². The van der Waals surface area contributed by atoms with Gasteiger partial charge >= 0.3 is 11.7 Å². The number of carbonyl (C=O) groups is 1. The zero-order valence-corrected chi connectivity index (χ0v) is 23.3. The van der Waals surface area contributed by atoms with Crippen LogP contribution in [0.3, 0.4) is 0 Å². The molecule has 0 saturated carbocycles. The molecule has 12 heteroatoms. The number of hydrogen-bond donors (Lipinski definition) is 2. The number of nitrogens with zero attached hydrogens (tertiary/aromatic N) is 5. The van der Waals surface area contributed by atoms with Crippen molar-refractivity contribution < 1.29 is 18.3 Å². The smallest absolute Gasteiger partial charge is 0.337 e. The van der Waals surface area contributed by atoms with Gasteiger partial charge in [-0.1, -0.05) is 12.1 Å². The third kappa shape index (κ3) is 5.42. The van der Waals surface area contributed by atoms with Crippen molar-refractivity contribution in [2.24, 2.45) is 0 Å². The number of sulfonamides is 1. The summed E-state index contributed by atoms with van der Waals surface area (Å²) in [5.41, 5.74) is 1.05. The second kappa shape index (κ2) is 10.7. The number of fused-ring (bicyclic) bond motifs is 3. The highest BCUT2D eigenvalue weighted by atomic mass is 32.2. The van der Waals surface area contributed by atoms with Crippen LogP contribution in [-0.4, -0.2) is 113 Å². The molecule has 1 amide bonds. The van der Waals surface area contributed by atoms with Gasteiger partial charge in [-0.05, 0) is 51.7 Å². The fourth-order valence-corrected chi connectivity index (χ4v) is 7.46. The molecule has 5 rings (SSSR count). The molecule has 4 heterocycles. The highest BCUT2D eigenvalue weighted by Gasteiger charge is 2.42. The Hall–Kier alpha value is -2.25. The number of β-amino-alcohol motifs (C(OH)–C–C–N with tert-alkyl or cyclic N) is 1. The molecule has 2 aromatic rings. The summed E-state index contributed by atoms with van der Waals surface area (Å²) in [6.07, 6.45) is 4.36. The number of para-hydroxylation sites is 2. The van der Waals surface area contributed by atoms with Crippen molar-refractivity contribution in [1.29, 1.82) is 0 Å². The minimum Gasteiger partial charge on any atom is -0.390 e. The summed E-state index contributed by atoms with van der Waals surface area (Å²) in [7, 11) is -3.17. The Balaban J connectivity index is 1.18. The molecule has 210 valence electrons. The summed E-state index contributed by atoms with van der Waals surface area (Å²) < 4.78 is 27.9. The van der Waals surface area contributed by atoms with Crippen LogP contribution in [0, 0.1) is 0 Å². The first-order valence-corrected chi connectivity index (χ1v) is 15.5. The molecule has 2 bridgehead atoms. The summed E-state index contributed by atoms with van der Waals surface area (Å²) in [6, 6.07) is 7.50. The van der Waals surface area contributed by atoms with Crippen LogP contribution in [0.1, 0.15) is 45.6 Å². The van der Waals surface area contributed by atoms with Crippen LogP contribution < -0.4 is 11.0 Å². The molecule has 4 atom stereocenters. The van der Waals surface area contributed by atoms with E-state index in [0.717, 1.165) is 31.2 Å². The van der Waals surface area contributed by atoms with Crippen LogP contribution in [0.25, 0.3) is 11.0 Å². The Labute approximate surface area is 224 Å². The van der Waals surface area contributed by atoms with E-state index in [4.69, 9.17) is 0 Å². The van der Waals surface area contributed by atoms with Crippen molar-refractivity contribution >= 4 is 27.1 Å². The number of piperazine rings is 1. The second-order valence-corrected chi connectivity index (χ2v) is 13.4. The lowest BCUT2D eigenvalue weighted by atomic mass is 9.97. The number of rotatable bonds is 7. The number of aliphatic hydroxyl groups excluding tert-OH is 1. The molecule has 1 aromatic carbocycles. The normalized spacial score (nSPS) is 26.3. The Bertz CT molecular complexity index is 1320. The van der Waals surface area contributed by atoms with Gasteiger partial charge in [0.05, 0.1) is 23.4 Å². The van der Waals surface area contributed by atoms with E-state index >= 15 is 0 Å². The quantitative estimate of drug-likeness (QED) is 0.527. The van der Waals surface area contributed by atoms with E-state index in [1.165, 1.54) is 15.1 Å². The Morgan fingerprint density at radius 1 is 1.03 bits per heavy atom. The summed E-state index contributed by atoms with van der Waals surface area (Å²) >= 11 is 0. The van der Waals surface area contributed by atoms with Crippen molar-refractivity contribution in [3.63, 3.8) is 0 Å². The van der Waals surface area contributed by atoms with Crippen molar-refractivity contribution in [3.8, 4) is 0 Å². The maximum absolute atomic E-state index is 13.3. The standard InChI is InChI=1S/C26H40N6O5S/c1-18(2)31-23-6-4-5-7-24(23)32(26(31)35)25(34)27-19-14-20-8-9-21(15-19)30(20)17-22(33)16-28-10-12-29(13-11-28)38(3,36)37/h4-7,18-22,33H,8-17H2,1-3H3,(H,27,34)/t19-,20-,21+,22-/m1/s1. The van der Waals surface area contributed by atoms with Crippen molar-refractivity contribution in [3.05, 3.63) is 34.7 Å². The molecule has 0 aliphatic carbocycles. The highest BCUT2D eigenvalue weighted by Crippen LogP contribution is 2.36. The summed E-state index contributed by atoms with van der Waals surface area (Å²) in [4.78, 5) is 31.0. The molecule has 3 saturated heterocycles. The number of amides is 1. The Morgan fingerprint density at radius 2 is 1.63 bits per heavy atom. The lowest BCUT2D eigenvalue weighted by molar-refractivity contribution is 0.0287. The maximum atomic E-state index is 13.3. The minimum absolute atomic E-state index is 0.0227. The van der Waals surface area contributed by atoms with Gasteiger partial charge in [-0.25, -0.2) is 22.6 Å². The van der Waals surface area contributed by atoms with E-state index in [0.29, 0.717) is 44.8 Å². The zero-order chi connectivity index (χ0) is 27.2. The van der Waals surface area contributed by atoms with Gasteiger partial charge in [0.1, 0.15) is 0 Å². The van der Waals surface area contributed by atoms with Crippen molar-refractivity contribution in [2.45, 2.75) is 69.8 Å². The van der Waals surface area contributed by atoms with Crippen LogP contribution in [0.5, 0.6) is 0 Å². The molecular weight excluding hydrogens is 508 g/mol. The fraction of sp³-hybridized carbons (Fsp3) is 0.692. The molecule has 1 aromatic heterocycles. The maximum Gasteiger partial charge on any atom is 0.337 e. The average molecular weight is 549 g/mol. The lowest BCUT2D eigenvalue weighted by Gasteiger charge is -2.41. The average Bonchev–Trinajstić information content (AvgIpc) is 3.26. The lowest BCUT2D eigenvalue weighted by Crippen LogP contribution is -2.55. The van der Waals surface area contributed by atoms with E-state index in [-0.39, 0.29) is 35.9 Å². The minimum atomic E-state index is -3.17. The van der Waals surface area contributed by atoms with E-state index in [1.807, 2.05) is 38.1 Å². The number of hydrogen-bond acceptors (Lipinski definition) is 7. The summed E-state index contributed by atoms with van der Waals surface area (Å²) in [5, 5.41) is 14.0. The van der Waals surface area contributed by atoms with Gasteiger partial charge in [0.2, 0.25) is 10.0 Å². The Kier molecular flexibility index (Phi) is 7.71. The van der Waals surface area contributed by atoms with Gasteiger partial charge in [-0.2, -0.15) is 4.31 Å². The van der Waals surface area contributed by atoms with E-state index in [9.17, 15) is 23.1 Å². The van der Waals surface area contributed by atoms with Gasteiger partial charge < -0.3 is 10.4 Å². The molecule has 3 aliphatic rings. The molecule has 2 N–H and O–H groups in total. The molecule has 0 unspecified atom stereocenters.